The van der Waals surface area contributed by atoms with Crippen LogP contribution in [0.25, 0.3) is 10.2 Å². The van der Waals surface area contributed by atoms with Crippen molar-refractivity contribution in [1.82, 2.24) is 15.3 Å². The van der Waals surface area contributed by atoms with Crippen molar-refractivity contribution in [2.24, 2.45) is 0 Å². The first-order valence-corrected chi connectivity index (χ1v) is 9.76. The number of nitrogens with one attached hydrogen (secondary N) is 1. The van der Waals surface area contributed by atoms with Gasteiger partial charge in [0, 0.05) is 16.8 Å². The zero-order chi connectivity index (χ0) is 17.8. The number of nitrogens with zero attached hydrogens (tertiary/aromatic N) is 2. The molecule has 1 N–H and O–H groups in total. The number of thiophene rings is 1. The molecule has 0 saturated heterocycles. The van der Waals surface area contributed by atoms with Crippen molar-refractivity contribution in [3.63, 3.8) is 0 Å². The van der Waals surface area contributed by atoms with Gasteiger partial charge in [-0.25, -0.2) is 14.4 Å². The monoisotopic (exact) mass is 375 g/mol. The minimum Gasteiger partial charge on any atom is -0.351 e. The summed E-state index contributed by atoms with van der Waals surface area (Å²) in [5, 5.41) is 4.71. The smallest absolute Gasteiger partial charge is 0.230 e. The molecular formula is C18H18FN3OS2. The Kier molecular flexibility index (Phi) is 5.65. The molecule has 2 heterocycles. The van der Waals surface area contributed by atoms with E-state index in [0.717, 1.165) is 27.2 Å². The van der Waals surface area contributed by atoms with Crippen LogP contribution in [0.3, 0.4) is 0 Å². The maximum absolute atomic E-state index is 12.9. The highest BCUT2D eigenvalue weighted by molar-refractivity contribution is 8.00. The van der Waals surface area contributed by atoms with Crippen LogP contribution in [0.15, 0.2) is 35.4 Å². The lowest BCUT2D eigenvalue weighted by Crippen LogP contribution is -2.24. The molecule has 0 radical (unpaired) electrons. The lowest BCUT2D eigenvalue weighted by Gasteiger charge is -2.06. The van der Waals surface area contributed by atoms with Gasteiger partial charge >= 0.3 is 0 Å². The Bertz CT molecular complexity index is 893. The number of hydrogen-bond acceptors (Lipinski definition) is 5. The van der Waals surface area contributed by atoms with Gasteiger partial charge in [0.1, 0.15) is 21.5 Å². The van der Waals surface area contributed by atoms with E-state index in [4.69, 9.17) is 0 Å². The van der Waals surface area contributed by atoms with Crippen molar-refractivity contribution in [2.75, 3.05) is 5.75 Å². The standard InChI is InChI=1S/C18H18FN3OS2/c1-3-14-8-15-17(21-11(2)22-18(15)25-14)24-10-16(23)20-9-12-4-6-13(19)7-5-12/h4-8H,3,9-10H2,1-2H3,(H,20,23). The summed E-state index contributed by atoms with van der Waals surface area (Å²) in [5.41, 5.74) is 0.866. The van der Waals surface area contributed by atoms with Crippen LogP contribution in [0, 0.1) is 12.7 Å². The van der Waals surface area contributed by atoms with Crippen molar-refractivity contribution in [1.29, 1.82) is 0 Å². The van der Waals surface area contributed by atoms with Crippen molar-refractivity contribution in [3.05, 3.63) is 52.4 Å². The SMILES string of the molecule is CCc1cc2c(SCC(=O)NCc3ccc(F)cc3)nc(C)nc2s1. The van der Waals surface area contributed by atoms with E-state index in [2.05, 4.69) is 28.3 Å². The molecule has 2 aromatic heterocycles. The van der Waals surface area contributed by atoms with Crippen molar-refractivity contribution < 1.29 is 9.18 Å². The molecule has 0 unspecified atom stereocenters. The molecule has 0 saturated carbocycles. The number of hydrogen-bond donors (Lipinski definition) is 1. The Morgan fingerprint density at radius 2 is 2.04 bits per heavy atom. The molecule has 25 heavy (non-hydrogen) atoms. The molecule has 0 bridgehead atoms. The van der Waals surface area contributed by atoms with Gasteiger partial charge in [0.05, 0.1) is 5.75 Å². The Hall–Kier alpha value is -1.99. The van der Waals surface area contributed by atoms with E-state index in [9.17, 15) is 9.18 Å². The number of benzene rings is 1. The number of fused-ring (bicyclic) bond motifs is 1. The van der Waals surface area contributed by atoms with Crippen molar-refractivity contribution in [3.8, 4) is 0 Å². The van der Waals surface area contributed by atoms with Crippen LogP contribution >= 0.6 is 23.1 Å². The van der Waals surface area contributed by atoms with Gasteiger partial charge in [-0.1, -0.05) is 30.8 Å². The Balaban J connectivity index is 1.62. The van der Waals surface area contributed by atoms with E-state index in [-0.39, 0.29) is 17.5 Å². The van der Waals surface area contributed by atoms with Gasteiger partial charge in [0.15, 0.2) is 0 Å². The van der Waals surface area contributed by atoms with E-state index in [1.54, 1.807) is 23.5 Å². The summed E-state index contributed by atoms with van der Waals surface area (Å²) in [6, 6.07) is 8.21. The minimum atomic E-state index is -0.281. The quantitative estimate of drug-likeness (QED) is 0.520. The lowest BCUT2D eigenvalue weighted by atomic mass is 10.2. The van der Waals surface area contributed by atoms with Gasteiger partial charge in [-0.05, 0) is 37.1 Å². The zero-order valence-corrected chi connectivity index (χ0v) is 15.6. The first-order valence-electron chi connectivity index (χ1n) is 7.96. The highest BCUT2D eigenvalue weighted by Crippen LogP contribution is 2.31. The third kappa shape index (κ3) is 4.55. The summed E-state index contributed by atoms with van der Waals surface area (Å²) in [6.45, 7) is 4.36. The van der Waals surface area contributed by atoms with E-state index in [1.807, 2.05) is 6.92 Å². The van der Waals surface area contributed by atoms with Crippen molar-refractivity contribution in [2.45, 2.75) is 31.8 Å². The fraction of sp³-hybridized carbons (Fsp3) is 0.278. The molecule has 0 fully saturated rings. The topological polar surface area (TPSA) is 54.9 Å². The molecule has 0 aliphatic rings. The van der Waals surface area contributed by atoms with E-state index in [1.165, 1.54) is 28.8 Å². The summed E-state index contributed by atoms with van der Waals surface area (Å²) in [6.07, 6.45) is 0.961. The number of aryl methyl sites for hydroxylation is 2. The van der Waals surface area contributed by atoms with Crippen LogP contribution < -0.4 is 5.32 Å². The maximum Gasteiger partial charge on any atom is 0.230 e. The molecule has 1 aromatic carbocycles. The highest BCUT2D eigenvalue weighted by atomic mass is 32.2. The summed E-state index contributed by atoms with van der Waals surface area (Å²) in [7, 11) is 0. The van der Waals surface area contributed by atoms with Gasteiger partial charge in [-0.15, -0.1) is 11.3 Å². The summed E-state index contributed by atoms with van der Waals surface area (Å²) >= 11 is 3.09. The molecule has 0 aliphatic heterocycles. The summed E-state index contributed by atoms with van der Waals surface area (Å²) in [4.78, 5) is 23.3. The number of aromatic nitrogens is 2. The van der Waals surface area contributed by atoms with Gasteiger partial charge in [-0.3, -0.25) is 4.79 Å². The third-order valence-electron chi connectivity index (χ3n) is 3.61. The second-order valence-corrected chi connectivity index (χ2v) is 7.63. The number of rotatable bonds is 6. The molecular weight excluding hydrogens is 357 g/mol. The minimum absolute atomic E-state index is 0.0790. The largest absolute Gasteiger partial charge is 0.351 e. The third-order valence-corrected chi connectivity index (χ3v) is 5.78. The fourth-order valence-corrected chi connectivity index (χ4v) is 4.27. The van der Waals surface area contributed by atoms with Crippen LogP contribution in [0.2, 0.25) is 0 Å². The van der Waals surface area contributed by atoms with Crippen molar-refractivity contribution >= 4 is 39.2 Å². The molecule has 130 valence electrons. The van der Waals surface area contributed by atoms with Crippen LogP contribution in [0.4, 0.5) is 4.39 Å². The molecule has 1 amide bonds. The predicted molar refractivity (Wildman–Crippen MR) is 101 cm³/mol. The molecule has 7 heteroatoms. The number of carbonyl (C=O) groups excluding carboxylic acids is 1. The van der Waals surface area contributed by atoms with Crippen LogP contribution in [-0.4, -0.2) is 21.6 Å². The Morgan fingerprint density at radius 3 is 2.76 bits per heavy atom. The first kappa shape index (κ1) is 17.8. The van der Waals surface area contributed by atoms with E-state index < -0.39 is 0 Å². The average Bonchev–Trinajstić information content (AvgIpc) is 3.02. The van der Waals surface area contributed by atoms with Gasteiger partial charge in [0.2, 0.25) is 5.91 Å². The van der Waals surface area contributed by atoms with E-state index >= 15 is 0 Å². The van der Waals surface area contributed by atoms with Crippen LogP contribution in [-0.2, 0) is 17.8 Å². The van der Waals surface area contributed by atoms with Gasteiger partial charge < -0.3 is 5.32 Å². The molecule has 3 rings (SSSR count). The Labute approximate surface area is 153 Å². The predicted octanol–water partition coefficient (Wildman–Crippen LogP) is 4.11. The second-order valence-electron chi connectivity index (χ2n) is 5.55. The molecule has 0 atom stereocenters. The second kappa shape index (κ2) is 7.93. The van der Waals surface area contributed by atoms with Crippen LogP contribution in [0.1, 0.15) is 23.2 Å². The summed E-state index contributed by atoms with van der Waals surface area (Å²) < 4.78 is 12.9. The fourth-order valence-electron chi connectivity index (χ4n) is 2.32. The average molecular weight is 375 g/mol. The number of thioether (sulfide) groups is 1. The first-order chi connectivity index (χ1) is 12.0. The Morgan fingerprint density at radius 1 is 1.28 bits per heavy atom. The number of halogens is 1. The van der Waals surface area contributed by atoms with Gasteiger partial charge in [-0.2, -0.15) is 0 Å². The lowest BCUT2D eigenvalue weighted by molar-refractivity contribution is -0.118. The molecule has 4 nitrogen and oxygen atoms in total. The van der Waals surface area contributed by atoms with E-state index in [0.29, 0.717) is 12.4 Å². The van der Waals surface area contributed by atoms with Crippen LogP contribution in [0.5, 0.6) is 0 Å². The number of carbonyl (C=O) groups is 1. The zero-order valence-electron chi connectivity index (χ0n) is 14.0. The maximum atomic E-state index is 12.9. The van der Waals surface area contributed by atoms with Gasteiger partial charge in [0.25, 0.3) is 0 Å². The summed E-state index contributed by atoms with van der Waals surface area (Å²) in [5.74, 6) is 0.635. The molecule has 0 spiro atoms. The molecule has 0 aliphatic carbocycles. The highest BCUT2D eigenvalue weighted by Gasteiger charge is 2.12. The normalized spacial score (nSPS) is 11.0. The molecule has 3 aromatic rings. The number of amides is 1.